The van der Waals surface area contributed by atoms with Crippen LogP contribution in [0.4, 0.5) is 10.1 Å². The first-order chi connectivity index (χ1) is 14.9. The Bertz CT molecular complexity index is 1240. The number of benzene rings is 3. The van der Waals surface area contributed by atoms with E-state index < -0.39 is 11.9 Å². The lowest BCUT2D eigenvalue weighted by atomic mass is 9.96. The topological polar surface area (TPSA) is 58.2 Å². The molecule has 0 bridgehead atoms. The smallest absolute Gasteiger partial charge is 0.255 e. The number of halogens is 3. The molecule has 1 aliphatic carbocycles. The molecule has 1 saturated carbocycles. The molecular formula is C24H17BrClFN2O2. The minimum Gasteiger partial charge on any atom is -0.341 e. The van der Waals surface area contributed by atoms with E-state index in [-0.39, 0.29) is 11.8 Å². The Morgan fingerprint density at radius 2 is 1.94 bits per heavy atom. The van der Waals surface area contributed by atoms with Gasteiger partial charge in [0.15, 0.2) is 0 Å². The van der Waals surface area contributed by atoms with Gasteiger partial charge >= 0.3 is 0 Å². The quantitative estimate of drug-likeness (QED) is 0.449. The summed E-state index contributed by atoms with van der Waals surface area (Å²) in [5, 5.41) is 6.13. The molecule has 0 spiro atoms. The van der Waals surface area contributed by atoms with Crippen molar-refractivity contribution in [1.82, 2.24) is 5.32 Å². The molecule has 5 rings (SSSR count). The van der Waals surface area contributed by atoms with Crippen LogP contribution in [0.5, 0.6) is 0 Å². The zero-order valence-corrected chi connectivity index (χ0v) is 18.6. The number of fused-ring (bicyclic) bond motifs is 1. The summed E-state index contributed by atoms with van der Waals surface area (Å²) in [6.07, 6.45) is 2.29. The van der Waals surface area contributed by atoms with Gasteiger partial charge in [0.25, 0.3) is 11.8 Å². The fourth-order valence-corrected chi connectivity index (χ4v) is 4.70. The van der Waals surface area contributed by atoms with Gasteiger partial charge in [-0.3, -0.25) is 9.59 Å². The zero-order chi connectivity index (χ0) is 21.7. The van der Waals surface area contributed by atoms with Gasteiger partial charge in [-0.25, -0.2) is 4.39 Å². The van der Waals surface area contributed by atoms with Gasteiger partial charge in [-0.1, -0.05) is 39.7 Å². The van der Waals surface area contributed by atoms with Crippen molar-refractivity contribution in [1.29, 1.82) is 0 Å². The maximum Gasteiger partial charge on any atom is 0.255 e. The van der Waals surface area contributed by atoms with E-state index >= 15 is 0 Å². The summed E-state index contributed by atoms with van der Waals surface area (Å²) in [5.74, 6) is -0.509. The highest BCUT2D eigenvalue weighted by Gasteiger charge is 2.34. The Labute approximate surface area is 191 Å². The van der Waals surface area contributed by atoms with Crippen molar-refractivity contribution in [3.8, 4) is 0 Å². The summed E-state index contributed by atoms with van der Waals surface area (Å²) < 4.78 is 14.6. The lowest BCUT2D eigenvalue weighted by Gasteiger charge is -2.18. The number of carbonyl (C=O) groups excluding carboxylic acids is 2. The summed E-state index contributed by atoms with van der Waals surface area (Å²) in [6, 6.07) is 14.4. The molecule has 31 heavy (non-hydrogen) atoms. The summed E-state index contributed by atoms with van der Waals surface area (Å²) in [6.45, 7) is 0. The van der Waals surface area contributed by atoms with Crippen LogP contribution in [0, 0.1) is 5.82 Å². The molecule has 1 atom stereocenters. The van der Waals surface area contributed by atoms with E-state index in [1.54, 1.807) is 18.2 Å². The first kappa shape index (κ1) is 20.2. The van der Waals surface area contributed by atoms with Crippen molar-refractivity contribution >= 4 is 45.0 Å². The third-order valence-electron chi connectivity index (χ3n) is 5.67. The van der Waals surface area contributed by atoms with E-state index in [1.165, 1.54) is 18.2 Å². The molecule has 1 fully saturated rings. The fraction of sp³-hybridized carbons (Fsp3) is 0.167. The van der Waals surface area contributed by atoms with E-state index in [4.69, 9.17) is 11.6 Å². The van der Waals surface area contributed by atoms with Crippen LogP contribution in [0.3, 0.4) is 0 Å². The number of hydrogen-bond donors (Lipinski definition) is 2. The summed E-state index contributed by atoms with van der Waals surface area (Å²) in [5.41, 5.74) is 3.58. The normalized spacial score (nSPS) is 17.3. The molecule has 0 saturated heterocycles. The molecule has 2 amide bonds. The number of carbonyl (C=O) groups is 2. The Hall–Kier alpha value is -2.70. The van der Waals surface area contributed by atoms with Crippen LogP contribution < -0.4 is 10.6 Å². The number of rotatable bonds is 4. The SMILES string of the molecule is O=C(Nc1cc(Br)cc2c1C(c1cc(F)ccc1Cl)NC2=O)c1cccc(C2CC2)c1. The minimum atomic E-state index is -0.674. The summed E-state index contributed by atoms with van der Waals surface area (Å²) in [4.78, 5) is 25.7. The first-order valence-corrected chi connectivity index (χ1v) is 11.1. The maximum absolute atomic E-state index is 13.9. The van der Waals surface area contributed by atoms with Gasteiger partial charge in [0.2, 0.25) is 0 Å². The van der Waals surface area contributed by atoms with E-state index in [0.29, 0.717) is 43.4 Å². The summed E-state index contributed by atoms with van der Waals surface area (Å²) in [7, 11) is 0. The number of hydrogen-bond acceptors (Lipinski definition) is 2. The number of amides is 2. The second kappa shape index (κ2) is 7.77. The zero-order valence-electron chi connectivity index (χ0n) is 16.2. The highest BCUT2D eigenvalue weighted by Crippen LogP contribution is 2.42. The number of nitrogens with one attached hydrogen (secondary N) is 2. The van der Waals surface area contributed by atoms with Crippen LogP contribution in [0.1, 0.15) is 62.2 Å². The molecule has 7 heteroatoms. The highest BCUT2D eigenvalue weighted by molar-refractivity contribution is 9.10. The Morgan fingerprint density at radius 3 is 2.71 bits per heavy atom. The predicted molar refractivity (Wildman–Crippen MR) is 121 cm³/mol. The molecule has 1 aliphatic heterocycles. The predicted octanol–water partition coefficient (Wildman–Crippen LogP) is 6.20. The van der Waals surface area contributed by atoms with Crippen LogP contribution in [-0.2, 0) is 0 Å². The fourth-order valence-electron chi connectivity index (χ4n) is 4.02. The van der Waals surface area contributed by atoms with Crippen molar-refractivity contribution in [2.24, 2.45) is 0 Å². The minimum absolute atomic E-state index is 0.272. The Balaban J connectivity index is 1.55. The van der Waals surface area contributed by atoms with Crippen molar-refractivity contribution in [2.75, 3.05) is 5.32 Å². The van der Waals surface area contributed by atoms with Gasteiger partial charge in [-0.05, 0) is 66.8 Å². The van der Waals surface area contributed by atoms with Crippen molar-refractivity contribution < 1.29 is 14.0 Å². The monoisotopic (exact) mass is 498 g/mol. The first-order valence-electron chi connectivity index (χ1n) is 9.91. The molecule has 3 aromatic rings. The van der Waals surface area contributed by atoms with Gasteiger partial charge in [0, 0.05) is 37.4 Å². The molecule has 3 aromatic carbocycles. The third kappa shape index (κ3) is 3.86. The van der Waals surface area contributed by atoms with Crippen LogP contribution in [0.15, 0.2) is 59.1 Å². The number of anilines is 1. The van der Waals surface area contributed by atoms with Gasteiger partial charge < -0.3 is 10.6 Å². The average Bonchev–Trinajstić information content (AvgIpc) is 3.54. The van der Waals surface area contributed by atoms with Gasteiger partial charge in [-0.2, -0.15) is 0 Å². The molecule has 1 unspecified atom stereocenters. The van der Waals surface area contributed by atoms with Crippen molar-refractivity contribution in [3.05, 3.63) is 97.7 Å². The lowest BCUT2D eigenvalue weighted by molar-refractivity contribution is 0.0959. The van der Waals surface area contributed by atoms with Crippen LogP contribution >= 0.6 is 27.5 Å². The largest absolute Gasteiger partial charge is 0.341 e. The van der Waals surface area contributed by atoms with Crippen molar-refractivity contribution in [2.45, 2.75) is 24.8 Å². The van der Waals surface area contributed by atoms with E-state index in [1.807, 2.05) is 18.2 Å². The van der Waals surface area contributed by atoms with E-state index in [2.05, 4.69) is 26.6 Å². The molecule has 0 radical (unpaired) electrons. The van der Waals surface area contributed by atoms with Crippen LogP contribution in [0.2, 0.25) is 5.02 Å². The molecule has 4 nitrogen and oxygen atoms in total. The third-order valence-corrected chi connectivity index (χ3v) is 6.47. The Kier molecular flexibility index (Phi) is 5.07. The van der Waals surface area contributed by atoms with E-state index in [9.17, 15) is 14.0 Å². The molecule has 0 aromatic heterocycles. The van der Waals surface area contributed by atoms with Gasteiger partial charge in [0.1, 0.15) is 5.82 Å². The lowest BCUT2D eigenvalue weighted by Crippen LogP contribution is -2.21. The van der Waals surface area contributed by atoms with Crippen LogP contribution in [0.25, 0.3) is 0 Å². The highest BCUT2D eigenvalue weighted by atomic mass is 79.9. The van der Waals surface area contributed by atoms with Crippen molar-refractivity contribution in [3.63, 3.8) is 0 Å². The second-order valence-corrected chi connectivity index (χ2v) is 9.16. The molecular weight excluding hydrogens is 483 g/mol. The standard InChI is InChI=1S/C24H17BrClFN2O2/c25-15-9-18-21(22(29-24(18)31)17-11-16(27)6-7-19(17)26)20(10-15)28-23(30)14-3-1-2-13(8-14)12-4-5-12/h1-3,6-12,22H,4-5H2,(H,28,30)(H,29,31). The molecule has 2 aliphatic rings. The molecule has 1 heterocycles. The van der Waals surface area contributed by atoms with Gasteiger partial charge in [0.05, 0.1) is 6.04 Å². The molecule has 156 valence electrons. The average molecular weight is 500 g/mol. The van der Waals surface area contributed by atoms with Crippen LogP contribution in [-0.4, -0.2) is 11.8 Å². The maximum atomic E-state index is 13.9. The molecule has 2 N–H and O–H groups in total. The summed E-state index contributed by atoms with van der Waals surface area (Å²) >= 11 is 9.73. The van der Waals surface area contributed by atoms with Gasteiger partial charge in [-0.15, -0.1) is 0 Å². The second-order valence-electron chi connectivity index (χ2n) is 7.84. The van der Waals surface area contributed by atoms with E-state index in [0.717, 1.165) is 18.4 Å². The Morgan fingerprint density at radius 1 is 1.13 bits per heavy atom.